The molecule has 1 saturated heterocycles. The van der Waals surface area contributed by atoms with Gasteiger partial charge in [0.1, 0.15) is 5.82 Å². The topological polar surface area (TPSA) is 63.2 Å². The minimum atomic E-state index is 0.250. The minimum Gasteiger partial charge on any atom is -0.299 e. The first-order valence-electron chi connectivity index (χ1n) is 12.6. The second kappa shape index (κ2) is 13.5. The first kappa shape index (κ1) is 27.0. The zero-order valence-corrected chi connectivity index (χ0v) is 21.6. The van der Waals surface area contributed by atoms with E-state index in [9.17, 15) is 0 Å². The highest BCUT2D eigenvalue weighted by molar-refractivity contribution is 5.40. The van der Waals surface area contributed by atoms with Crippen molar-refractivity contribution in [1.82, 2.24) is 14.9 Å². The average Bonchev–Trinajstić information content (AvgIpc) is 2.87. The smallest absolute Gasteiger partial charge is 0.299 e. The van der Waals surface area contributed by atoms with Crippen LogP contribution in [0, 0.1) is 32.1 Å². The summed E-state index contributed by atoms with van der Waals surface area (Å²) in [5, 5.41) is 0. The summed E-state index contributed by atoms with van der Waals surface area (Å²) in [6, 6.07) is 14.9. The van der Waals surface area contributed by atoms with Crippen molar-refractivity contribution in [3.8, 4) is 12.3 Å². The van der Waals surface area contributed by atoms with Gasteiger partial charge in [0.05, 0.1) is 0 Å². The number of terminal acetylenes is 1. The summed E-state index contributed by atoms with van der Waals surface area (Å²) in [6.45, 7) is 10.3. The Kier molecular flexibility index (Phi) is 10.1. The first-order chi connectivity index (χ1) is 17.4. The summed E-state index contributed by atoms with van der Waals surface area (Å²) in [7, 11) is 0. The fraction of sp³-hybridized carbons (Fsp3) is 0.387. The molecule has 2 aromatic carbocycles. The summed E-state index contributed by atoms with van der Waals surface area (Å²) in [4.78, 5) is 28.2. The lowest BCUT2D eigenvalue weighted by molar-refractivity contribution is -0.191. The quantitative estimate of drug-likeness (QED) is 0.429. The molecule has 5 nitrogen and oxygen atoms in total. The van der Waals surface area contributed by atoms with Crippen LogP contribution in [-0.2, 0) is 29.0 Å². The highest BCUT2D eigenvalue weighted by Crippen LogP contribution is 2.24. The number of nitrogens with zero attached hydrogens (tertiary/aromatic N) is 3. The molecule has 0 saturated carbocycles. The van der Waals surface area contributed by atoms with E-state index in [1.165, 1.54) is 60.2 Å². The van der Waals surface area contributed by atoms with Crippen molar-refractivity contribution in [3.05, 3.63) is 93.6 Å². The molecule has 1 atom stereocenters. The van der Waals surface area contributed by atoms with Crippen LogP contribution in [0.1, 0.15) is 71.1 Å². The van der Waals surface area contributed by atoms with Gasteiger partial charge in [-0.05, 0) is 85.2 Å². The number of rotatable bonds is 7. The zero-order chi connectivity index (χ0) is 25.9. The van der Waals surface area contributed by atoms with E-state index in [0.29, 0.717) is 6.42 Å². The Morgan fingerprint density at radius 2 is 1.72 bits per heavy atom. The Hall–Kier alpha value is -3.58. The normalized spacial score (nSPS) is 15.3. The lowest BCUT2D eigenvalue weighted by Crippen LogP contribution is -2.34. The molecule has 1 aromatic heterocycles. The second-order valence-corrected chi connectivity index (χ2v) is 9.60. The lowest BCUT2D eigenvalue weighted by atomic mass is 9.93. The van der Waals surface area contributed by atoms with E-state index in [4.69, 9.17) is 21.0 Å². The monoisotopic (exact) mass is 481 g/mol. The highest BCUT2D eigenvalue weighted by Gasteiger charge is 2.19. The van der Waals surface area contributed by atoms with E-state index in [-0.39, 0.29) is 6.15 Å². The fourth-order valence-corrected chi connectivity index (χ4v) is 5.05. The summed E-state index contributed by atoms with van der Waals surface area (Å²) >= 11 is 0. The van der Waals surface area contributed by atoms with Gasteiger partial charge in [0, 0.05) is 43.4 Å². The summed E-state index contributed by atoms with van der Waals surface area (Å²) in [5.41, 5.74) is 8.68. The molecule has 1 unspecified atom stereocenters. The third-order valence-electron chi connectivity index (χ3n) is 6.95. The average molecular weight is 482 g/mol. The molecule has 0 radical (unpaired) electrons. The van der Waals surface area contributed by atoms with E-state index >= 15 is 0 Å². The Morgan fingerprint density at radius 1 is 1.03 bits per heavy atom. The van der Waals surface area contributed by atoms with Gasteiger partial charge in [-0.2, -0.15) is 9.59 Å². The van der Waals surface area contributed by atoms with Crippen LogP contribution in [-0.4, -0.2) is 34.1 Å². The molecule has 1 aliphatic rings. The molecule has 4 rings (SSSR count). The van der Waals surface area contributed by atoms with Crippen molar-refractivity contribution in [2.45, 2.75) is 59.4 Å². The third kappa shape index (κ3) is 7.71. The van der Waals surface area contributed by atoms with E-state index in [2.05, 4.69) is 60.8 Å². The van der Waals surface area contributed by atoms with Gasteiger partial charge in [-0.3, -0.25) is 4.90 Å². The molecular weight excluding hydrogens is 446 g/mol. The summed E-state index contributed by atoms with van der Waals surface area (Å²) < 4.78 is 0. The van der Waals surface area contributed by atoms with Gasteiger partial charge in [-0.25, -0.2) is 9.97 Å². The molecule has 0 amide bonds. The van der Waals surface area contributed by atoms with E-state index in [0.717, 1.165) is 36.0 Å². The molecule has 0 spiro atoms. The molecule has 0 aliphatic carbocycles. The van der Waals surface area contributed by atoms with Crippen LogP contribution < -0.4 is 0 Å². The Morgan fingerprint density at radius 3 is 2.36 bits per heavy atom. The number of piperidine rings is 1. The molecule has 1 aliphatic heterocycles. The van der Waals surface area contributed by atoms with Crippen molar-refractivity contribution in [2.75, 3.05) is 13.1 Å². The second-order valence-electron chi connectivity index (χ2n) is 9.60. The largest absolute Gasteiger partial charge is 0.373 e. The number of aryl methyl sites for hydroxylation is 2. The summed E-state index contributed by atoms with van der Waals surface area (Å²) in [6.07, 6.45) is 13.2. The minimum absolute atomic E-state index is 0.250. The van der Waals surface area contributed by atoms with Gasteiger partial charge in [0.25, 0.3) is 0 Å². The van der Waals surface area contributed by atoms with Crippen molar-refractivity contribution in [2.24, 2.45) is 5.92 Å². The molecule has 36 heavy (non-hydrogen) atoms. The fourth-order valence-electron chi connectivity index (χ4n) is 5.05. The van der Waals surface area contributed by atoms with Crippen LogP contribution >= 0.6 is 0 Å². The van der Waals surface area contributed by atoms with Crippen LogP contribution in [0.5, 0.6) is 0 Å². The van der Waals surface area contributed by atoms with Crippen molar-refractivity contribution < 1.29 is 9.59 Å². The van der Waals surface area contributed by atoms with Crippen LogP contribution in [0.25, 0.3) is 0 Å². The van der Waals surface area contributed by atoms with Crippen LogP contribution in [0.3, 0.4) is 0 Å². The standard InChI is InChI=1S/C30H35N3.CO2/c1-5-24-9-11-26(12-10-24)18-30-31-14-13-28(32-30)19-29-22(3)16-27(17-23(29)4)21-33-15-7-8-25(6-2)20-33;2-1-3/h1,9-14,16-17,25H,6-8,15,18-21H2,2-4H3;. The zero-order valence-electron chi connectivity index (χ0n) is 21.6. The number of hydrogen-bond acceptors (Lipinski definition) is 5. The van der Waals surface area contributed by atoms with Crippen molar-refractivity contribution in [3.63, 3.8) is 0 Å². The van der Waals surface area contributed by atoms with Gasteiger partial charge < -0.3 is 0 Å². The van der Waals surface area contributed by atoms with E-state index in [1.807, 2.05) is 24.4 Å². The number of likely N-dealkylation sites (tertiary alicyclic amines) is 1. The predicted octanol–water partition coefficient (Wildman–Crippen LogP) is 5.29. The van der Waals surface area contributed by atoms with Gasteiger partial charge in [0.15, 0.2) is 0 Å². The summed E-state index contributed by atoms with van der Waals surface area (Å²) in [5.74, 6) is 4.38. The highest BCUT2D eigenvalue weighted by atomic mass is 16.2. The Labute approximate surface area is 215 Å². The number of hydrogen-bond donors (Lipinski definition) is 0. The Bertz CT molecular complexity index is 1200. The SMILES string of the molecule is C#Cc1ccc(Cc2nccc(Cc3c(C)cc(CN4CCCC(CC)C4)cc3C)n2)cc1.O=C=O. The van der Waals surface area contributed by atoms with Gasteiger partial charge >= 0.3 is 6.15 Å². The molecular formula is C31H35N3O2. The molecule has 5 heteroatoms. The molecule has 1 fully saturated rings. The third-order valence-corrected chi connectivity index (χ3v) is 6.95. The molecule has 2 heterocycles. The molecule has 3 aromatic rings. The first-order valence-corrected chi connectivity index (χ1v) is 12.6. The van der Waals surface area contributed by atoms with E-state index < -0.39 is 0 Å². The van der Waals surface area contributed by atoms with Crippen LogP contribution in [0.15, 0.2) is 48.7 Å². The maximum atomic E-state index is 8.12. The number of aromatic nitrogens is 2. The maximum Gasteiger partial charge on any atom is 0.373 e. The lowest BCUT2D eigenvalue weighted by Gasteiger charge is -2.32. The molecule has 0 bridgehead atoms. The number of benzene rings is 2. The van der Waals surface area contributed by atoms with Crippen molar-refractivity contribution >= 4 is 6.15 Å². The van der Waals surface area contributed by atoms with Gasteiger partial charge in [0.2, 0.25) is 0 Å². The number of carbonyl (C=O) groups excluding carboxylic acids is 2. The van der Waals surface area contributed by atoms with Crippen LogP contribution in [0.2, 0.25) is 0 Å². The maximum absolute atomic E-state index is 8.12. The van der Waals surface area contributed by atoms with E-state index in [1.54, 1.807) is 0 Å². The predicted molar refractivity (Wildman–Crippen MR) is 141 cm³/mol. The van der Waals surface area contributed by atoms with Gasteiger partial charge in [-0.15, -0.1) is 6.42 Å². The molecule has 0 N–H and O–H groups in total. The van der Waals surface area contributed by atoms with Crippen molar-refractivity contribution in [1.29, 1.82) is 0 Å². The Balaban J connectivity index is 0.00000115. The van der Waals surface area contributed by atoms with Crippen LogP contribution in [0.4, 0.5) is 0 Å². The van der Waals surface area contributed by atoms with Gasteiger partial charge in [-0.1, -0.05) is 43.5 Å². The molecule has 186 valence electrons.